The molecule has 0 fully saturated rings. The van der Waals surface area contributed by atoms with Gasteiger partial charge in [-0.25, -0.2) is 0 Å². The maximum atomic E-state index is 4.49. The van der Waals surface area contributed by atoms with E-state index in [0.717, 1.165) is 13.1 Å². The summed E-state index contributed by atoms with van der Waals surface area (Å²) in [4.78, 5) is 2.17. The molecule has 1 aromatic heterocycles. The fourth-order valence-corrected chi connectivity index (χ4v) is 1.52. The van der Waals surface area contributed by atoms with Crippen molar-refractivity contribution in [1.82, 2.24) is 14.7 Å². The van der Waals surface area contributed by atoms with Crippen molar-refractivity contribution in [3.05, 3.63) is 17.5 Å². The highest BCUT2D eigenvalue weighted by molar-refractivity contribution is 5.19. The molecule has 0 aliphatic rings. The number of hydrogen-bond donors (Lipinski definition) is 0. The van der Waals surface area contributed by atoms with Crippen LogP contribution < -0.4 is 0 Å². The van der Waals surface area contributed by atoms with Crippen molar-refractivity contribution in [1.29, 1.82) is 0 Å². The number of aryl methyl sites for hydroxylation is 1. The number of hydrogen-bond acceptors (Lipinski definition) is 2. The molecule has 0 aliphatic heterocycles. The summed E-state index contributed by atoms with van der Waals surface area (Å²) in [5.74, 6) is 0.572. The molecule has 0 saturated carbocycles. The van der Waals surface area contributed by atoms with Gasteiger partial charge in [0.15, 0.2) is 0 Å². The lowest BCUT2D eigenvalue weighted by Gasteiger charge is -2.08. The van der Waals surface area contributed by atoms with Crippen molar-refractivity contribution >= 4 is 0 Å². The van der Waals surface area contributed by atoms with Crippen LogP contribution in [0, 0.1) is 6.92 Å². The van der Waals surface area contributed by atoms with Crippen molar-refractivity contribution in [2.24, 2.45) is 0 Å². The van der Waals surface area contributed by atoms with E-state index in [9.17, 15) is 0 Å². The van der Waals surface area contributed by atoms with E-state index in [0.29, 0.717) is 5.92 Å². The van der Waals surface area contributed by atoms with Gasteiger partial charge >= 0.3 is 0 Å². The molecule has 0 aliphatic carbocycles. The van der Waals surface area contributed by atoms with Gasteiger partial charge in [-0.3, -0.25) is 4.68 Å². The summed E-state index contributed by atoms with van der Waals surface area (Å²) in [5, 5.41) is 4.49. The van der Waals surface area contributed by atoms with Crippen molar-refractivity contribution < 1.29 is 0 Å². The van der Waals surface area contributed by atoms with Crippen LogP contribution in [0.2, 0.25) is 0 Å². The molecule has 0 radical (unpaired) electrons. The molecule has 0 aromatic carbocycles. The Hall–Kier alpha value is -0.830. The second kappa shape index (κ2) is 7.44. The second-order valence-electron chi connectivity index (χ2n) is 4.39. The Labute approximate surface area is 100 Å². The normalized spacial score (nSPS) is 10.6. The maximum absolute atomic E-state index is 4.49. The molecule has 0 atom stereocenters. The predicted octanol–water partition coefficient (Wildman–Crippen LogP) is 2.90. The Bertz CT molecular complexity index is 287. The lowest BCUT2D eigenvalue weighted by molar-refractivity contribution is 0.372. The van der Waals surface area contributed by atoms with Gasteiger partial charge in [0, 0.05) is 12.7 Å². The highest BCUT2D eigenvalue weighted by Gasteiger charge is 2.07. The topological polar surface area (TPSA) is 21.1 Å². The van der Waals surface area contributed by atoms with Crippen molar-refractivity contribution in [2.75, 3.05) is 20.6 Å². The van der Waals surface area contributed by atoms with Crippen LogP contribution in [-0.4, -0.2) is 35.3 Å². The molecule has 0 saturated heterocycles. The second-order valence-corrected chi connectivity index (χ2v) is 4.39. The van der Waals surface area contributed by atoms with Gasteiger partial charge < -0.3 is 4.90 Å². The van der Waals surface area contributed by atoms with Crippen LogP contribution in [0.1, 0.15) is 44.9 Å². The summed E-state index contributed by atoms with van der Waals surface area (Å²) >= 11 is 0. The maximum Gasteiger partial charge on any atom is 0.0628 e. The average Bonchev–Trinajstić information content (AvgIpc) is 2.60. The molecule has 94 valence electrons. The molecule has 0 N–H and O–H groups in total. The van der Waals surface area contributed by atoms with Gasteiger partial charge in [0.05, 0.1) is 12.2 Å². The quantitative estimate of drug-likeness (QED) is 0.785. The summed E-state index contributed by atoms with van der Waals surface area (Å²) in [5.41, 5.74) is 2.53. The van der Waals surface area contributed by atoms with Crippen LogP contribution >= 0.6 is 0 Å². The molecule has 0 amide bonds. The first-order valence-corrected chi connectivity index (χ1v) is 6.19. The molecular weight excluding hydrogens is 198 g/mol. The van der Waals surface area contributed by atoms with Crippen LogP contribution in [0.15, 0.2) is 6.20 Å². The molecule has 1 aromatic rings. The van der Waals surface area contributed by atoms with Gasteiger partial charge in [-0.1, -0.05) is 27.7 Å². The van der Waals surface area contributed by atoms with E-state index < -0.39 is 0 Å². The fraction of sp³-hybridized carbons (Fsp3) is 0.769. The molecule has 0 bridgehead atoms. The van der Waals surface area contributed by atoms with Gasteiger partial charge in [-0.15, -0.1) is 0 Å². The Morgan fingerprint density at radius 3 is 2.25 bits per heavy atom. The summed E-state index contributed by atoms with van der Waals surface area (Å²) in [6.45, 7) is 12.5. The van der Waals surface area contributed by atoms with Gasteiger partial charge in [-0.2, -0.15) is 5.10 Å². The number of likely N-dealkylation sites (N-methyl/N-ethyl adjacent to an activating group) is 1. The van der Waals surface area contributed by atoms with E-state index in [1.807, 2.05) is 18.5 Å². The van der Waals surface area contributed by atoms with Crippen LogP contribution in [0.5, 0.6) is 0 Å². The largest absolute Gasteiger partial charge is 0.308 e. The van der Waals surface area contributed by atoms with Gasteiger partial charge in [0.2, 0.25) is 0 Å². The minimum absolute atomic E-state index is 0.572. The first-order chi connectivity index (χ1) is 7.50. The summed E-state index contributed by atoms with van der Waals surface area (Å²) in [7, 11) is 4.17. The first-order valence-electron chi connectivity index (χ1n) is 6.19. The van der Waals surface area contributed by atoms with E-state index in [2.05, 4.69) is 51.1 Å². The Balaban J connectivity index is 0.00000106. The van der Waals surface area contributed by atoms with E-state index in [1.54, 1.807) is 0 Å². The lowest BCUT2D eigenvalue weighted by Crippen LogP contribution is -2.18. The molecule has 3 heteroatoms. The highest BCUT2D eigenvalue weighted by Crippen LogP contribution is 2.17. The molecule has 16 heavy (non-hydrogen) atoms. The number of aromatic nitrogens is 2. The molecule has 0 spiro atoms. The molecule has 3 nitrogen and oxygen atoms in total. The Morgan fingerprint density at radius 1 is 1.31 bits per heavy atom. The van der Waals surface area contributed by atoms with Crippen LogP contribution in [0.4, 0.5) is 0 Å². The van der Waals surface area contributed by atoms with Crippen molar-refractivity contribution in [2.45, 2.75) is 47.1 Å². The van der Waals surface area contributed by atoms with E-state index in [4.69, 9.17) is 0 Å². The smallest absolute Gasteiger partial charge is 0.0628 e. The molecule has 0 unspecified atom stereocenters. The third-order valence-electron chi connectivity index (χ3n) is 2.38. The number of nitrogens with zero attached hydrogens (tertiary/aromatic N) is 3. The summed E-state index contributed by atoms with van der Waals surface area (Å²) in [6, 6.07) is 0. The molecular formula is C13H27N3. The Morgan fingerprint density at radius 2 is 1.88 bits per heavy atom. The highest BCUT2D eigenvalue weighted by atomic mass is 15.3. The summed E-state index contributed by atoms with van der Waals surface area (Å²) < 4.78 is 2.05. The minimum atomic E-state index is 0.572. The van der Waals surface area contributed by atoms with Crippen LogP contribution in [-0.2, 0) is 6.54 Å². The Kier molecular flexibility index (Phi) is 7.06. The summed E-state index contributed by atoms with van der Waals surface area (Å²) in [6.07, 6.45) is 2.17. The van der Waals surface area contributed by atoms with Gasteiger partial charge in [0.25, 0.3) is 0 Å². The third-order valence-corrected chi connectivity index (χ3v) is 2.38. The van der Waals surface area contributed by atoms with Gasteiger partial charge in [0.1, 0.15) is 0 Å². The SMILES string of the molecule is CC.Cc1nn(CCN(C)C)cc1C(C)C. The zero-order valence-corrected chi connectivity index (χ0v) is 11.9. The monoisotopic (exact) mass is 225 g/mol. The predicted molar refractivity (Wildman–Crippen MR) is 71.0 cm³/mol. The zero-order valence-electron chi connectivity index (χ0n) is 11.9. The lowest BCUT2D eigenvalue weighted by atomic mass is 10.1. The standard InChI is InChI=1S/C11H21N3.C2H6/c1-9(2)11-8-14(12-10(11)3)7-6-13(4)5;1-2/h8-9H,6-7H2,1-5H3;1-2H3. The van der Waals surface area contributed by atoms with E-state index >= 15 is 0 Å². The van der Waals surface area contributed by atoms with Gasteiger partial charge in [-0.05, 0) is 32.5 Å². The third kappa shape index (κ3) is 4.79. The van der Waals surface area contributed by atoms with E-state index in [1.165, 1.54) is 11.3 Å². The molecule has 1 rings (SSSR count). The zero-order chi connectivity index (χ0) is 12.7. The minimum Gasteiger partial charge on any atom is -0.308 e. The fourth-order valence-electron chi connectivity index (χ4n) is 1.52. The molecule has 1 heterocycles. The van der Waals surface area contributed by atoms with E-state index in [-0.39, 0.29) is 0 Å². The average molecular weight is 225 g/mol. The number of rotatable bonds is 4. The van der Waals surface area contributed by atoms with Crippen molar-refractivity contribution in [3.8, 4) is 0 Å². The van der Waals surface area contributed by atoms with Crippen LogP contribution in [0.3, 0.4) is 0 Å². The van der Waals surface area contributed by atoms with Crippen molar-refractivity contribution in [3.63, 3.8) is 0 Å². The van der Waals surface area contributed by atoms with Crippen LogP contribution in [0.25, 0.3) is 0 Å². The first kappa shape index (κ1) is 15.2.